The highest BCUT2D eigenvalue weighted by Gasteiger charge is 2.67. The molecule has 2 atom stereocenters. The Kier molecular flexibility index (Phi) is 2.96. The van der Waals surface area contributed by atoms with Crippen molar-refractivity contribution in [3.8, 4) is 0 Å². The molecule has 4 rings (SSSR count). The van der Waals surface area contributed by atoms with Gasteiger partial charge in [0.2, 0.25) is 5.60 Å². The van der Waals surface area contributed by atoms with Gasteiger partial charge in [0.05, 0.1) is 22.8 Å². The summed E-state index contributed by atoms with van der Waals surface area (Å²) in [5.74, 6) is -0.833. The fourth-order valence-electron chi connectivity index (χ4n) is 3.40. The van der Waals surface area contributed by atoms with Crippen LogP contribution in [0.15, 0.2) is 30.5 Å². The molecule has 3 heterocycles. The molecule has 2 unspecified atom stereocenters. The highest BCUT2D eigenvalue weighted by molar-refractivity contribution is 5.98. The number of nitrogens with one attached hydrogen (secondary N) is 1. The maximum Gasteiger partial charge on any atom is 0.359 e. The number of para-hydroxylation sites is 2. The molecule has 0 saturated carbocycles. The van der Waals surface area contributed by atoms with Gasteiger partial charge in [-0.25, -0.2) is 9.78 Å². The fraction of sp³-hybridized carbons (Fsp3) is 0.412. The van der Waals surface area contributed by atoms with Gasteiger partial charge in [0, 0.05) is 6.54 Å². The Morgan fingerprint density at radius 2 is 2.00 bits per heavy atom. The van der Waals surface area contributed by atoms with Crippen LogP contribution in [0, 0.1) is 0 Å². The lowest BCUT2D eigenvalue weighted by Crippen LogP contribution is -2.77. The lowest BCUT2D eigenvalue weighted by atomic mass is 9.87. The number of hydrogen-bond acceptors (Lipinski definition) is 6. The molecule has 1 aromatic heterocycles. The van der Waals surface area contributed by atoms with Gasteiger partial charge in [0.1, 0.15) is 6.17 Å². The predicted octanol–water partition coefficient (Wildman–Crippen LogP) is 1.10. The van der Waals surface area contributed by atoms with Crippen LogP contribution in [0.3, 0.4) is 0 Å². The smallest absolute Gasteiger partial charge is 0.359 e. The molecule has 0 spiro atoms. The van der Waals surface area contributed by atoms with Gasteiger partial charge in [-0.3, -0.25) is 15.1 Å². The molecule has 2 saturated heterocycles. The molecule has 1 N–H and O–H groups in total. The number of nitrogens with zero attached hydrogens (tertiary/aromatic N) is 3. The second-order valence-electron chi connectivity index (χ2n) is 7.01. The zero-order valence-corrected chi connectivity index (χ0v) is 13.7. The largest absolute Gasteiger partial charge is 0.441 e. The number of aromatic nitrogens is 2. The number of ether oxygens (including phenoxy) is 1. The maximum absolute atomic E-state index is 12.5. The average Bonchev–Trinajstić information content (AvgIpc) is 2.87. The van der Waals surface area contributed by atoms with Crippen LogP contribution < -0.4 is 5.32 Å². The summed E-state index contributed by atoms with van der Waals surface area (Å²) in [4.78, 5) is 35.2. The maximum atomic E-state index is 12.5. The molecular formula is C17H18N4O3. The van der Waals surface area contributed by atoms with Crippen molar-refractivity contribution in [2.45, 2.75) is 38.1 Å². The van der Waals surface area contributed by atoms with Crippen LogP contribution in [0.5, 0.6) is 0 Å². The summed E-state index contributed by atoms with van der Waals surface area (Å²) in [6, 6.07) is 7.27. The molecule has 2 aliphatic rings. The van der Waals surface area contributed by atoms with Crippen molar-refractivity contribution in [2.75, 3.05) is 6.54 Å². The number of benzene rings is 1. The van der Waals surface area contributed by atoms with Crippen molar-refractivity contribution < 1.29 is 14.3 Å². The van der Waals surface area contributed by atoms with Gasteiger partial charge in [0.25, 0.3) is 5.91 Å². The van der Waals surface area contributed by atoms with Crippen LogP contribution >= 0.6 is 0 Å². The first-order chi connectivity index (χ1) is 11.3. The van der Waals surface area contributed by atoms with E-state index in [1.54, 1.807) is 17.9 Å². The number of carbonyl (C=O) groups is 2. The van der Waals surface area contributed by atoms with Gasteiger partial charge in [-0.15, -0.1) is 0 Å². The van der Waals surface area contributed by atoms with E-state index in [4.69, 9.17) is 4.74 Å². The van der Waals surface area contributed by atoms with Crippen LogP contribution in [0.4, 0.5) is 0 Å². The first kappa shape index (κ1) is 15.0. The average molecular weight is 326 g/mol. The third kappa shape index (κ3) is 1.94. The Bertz CT molecular complexity index is 866. The van der Waals surface area contributed by atoms with E-state index in [1.165, 1.54) is 6.20 Å². The molecule has 0 aliphatic carbocycles. The second kappa shape index (κ2) is 4.73. The van der Waals surface area contributed by atoms with Crippen molar-refractivity contribution in [2.24, 2.45) is 0 Å². The lowest BCUT2D eigenvalue weighted by molar-refractivity contribution is -0.193. The number of fused-ring (bicyclic) bond motifs is 2. The van der Waals surface area contributed by atoms with E-state index in [2.05, 4.69) is 15.3 Å². The van der Waals surface area contributed by atoms with Gasteiger partial charge in [-0.1, -0.05) is 12.1 Å². The van der Waals surface area contributed by atoms with Gasteiger partial charge in [0.15, 0.2) is 5.69 Å². The number of β-lactam (4-membered cyclic amide) rings is 1. The normalized spacial score (nSPS) is 27.7. The summed E-state index contributed by atoms with van der Waals surface area (Å²) < 4.78 is 5.53. The quantitative estimate of drug-likeness (QED) is 0.657. The Balaban J connectivity index is 1.58. The monoisotopic (exact) mass is 326 g/mol. The minimum absolute atomic E-state index is 0.0958. The lowest BCUT2D eigenvalue weighted by Gasteiger charge is -2.53. The number of rotatable bonds is 2. The number of hydrogen-bond donors (Lipinski definition) is 1. The fourth-order valence-corrected chi connectivity index (χ4v) is 3.40. The van der Waals surface area contributed by atoms with Crippen LogP contribution in [-0.2, 0) is 9.53 Å². The molecule has 7 nitrogen and oxygen atoms in total. The van der Waals surface area contributed by atoms with Gasteiger partial charge in [-0.2, -0.15) is 0 Å². The molecule has 2 fully saturated rings. The Morgan fingerprint density at radius 3 is 2.75 bits per heavy atom. The second-order valence-corrected chi connectivity index (χ2v) is 7.01. The van der Waals surface area contributed by atoms with Crippen molar-refractivity contribution in [3.05, 3.63) is 36.2 Å². The number of esters is 1. The highest BCUT2D eigenvalue weighted by atomic mass is 16.6. The van der Waals surface area contributed by atoms with E-state index in [0.717, 1.165) is 0 Å². The molecular weight excluding hydrogens is 308 g/mol. The van der Waals surface area contributed by atoms with Crippen molar-refractivity contribution in [1.29, 1.82) is 0 Å². The van der Waals surface area contributed by atoms with Gasteiger partial charge >= 0.3 is 5.97 Å². The third-order valence-electron chi connectivity index (χ3n) is 4.77. The molecule has 24 heavy (non-hydrogen) atoms. The van der Waals surface area contributed by atoms with Crippen molar-refractivity contribution in [1.82, 2.24) is 20.2 Å². The Hall–Kier alpha value is -2.54. The third-order valence-corrected chi connectivity index (χ3v) is 4.77. The van der Waals surface area contributed by atoms with Crippen molar-refractivity contribution in [3.63, 3.8) is 0 Å². The Morgan fingerprint density at radius 1 is 1.29 bits per heavy atom. The minimum Gasteiger partial charge on any atom is -0.441 e. The van der Waals surface area contributed by atoms with Crippen LogP contribution in [0.1, 0.15) is 31.3 Å². The summed E-state index contributed by atoms with van der Waals surface area (Å²) in [5, 5.41) is 3.25. The number of carbonyl (C=O) groups excluding carboxylic acids is 2. The topological polar surface area (TPSA) is 84.4 Å². The highest BCUT2D eigenvalue weighted by Crippen LogP contribution is 2.42. The van der Waals surface area contributed by atoms with Crippen LogP contribution in [0.25, 0.3) is 11.0 Å². The molecule has 1 amide bonds. The summed E-state index contributed by atoms with van der Waals surface area (Å²) in [5.41, 5.74) is -0.0863. The van der Waals surface area contributed by atoms with Crippen molar-refractivity contribution >= 4 is 22.9 Å². The summed E-state index contributed by atoms with van der Waals surface area (Å²) in [7, 11) is 0. The molecule has 0 radical (unpaired) electrons. The zero-order chi connectivity index (χ0) is 17.1. The summed E-state index contributed by atoms with van der Waals surface area (Å²) in [6.45, 7) is 6.26. The number of amides is 1. The molecule has 0 bridgehead atoms. The standard InChI is InChI=1S/C17H18N4O3/c1-16(2)9-19-14-17(3,15(23)21(14)16)24-13(22)12-8-18-10-6-4-5-7-11(10)20-12/h4-8,14,19H,9H2,1-3H3. The zero-order valence-electron chi connectivity index (χ0n) is 13.7. The first-order valence-electron chi connectivity index (χ1n) is 7.85. The molecule has 2 aromatic rings. The van der Waals surface area contributed by atoms with Crippen LogP contribution in [-0.4, -0.2) is 50.6 Å². The van der Waals surface area contributed by atoms with E-state index in [0.29, 0.717) is 17.6 Å². The van der Waals surface area contributed by atoms with E-state index in [-0.39, 0.29) is 23.3 Å². The SMILES string of the molecule is CC1(OC(=O)c2cnc3ccccc3n2)C(=O)N2C1NCC2(C)C. The molecule has 124 valence electrons. The Labute approximate surface area is 139 Å². The van der Waals surface area contributed by atoms with Crippen LogP contribution in [0.2, 0.25) is 0 Å². The minimum atomic E-state index is -1.21. The van der Waals surface area contributed by atoms with Gasteiger partial charge < -0.3 is 9.64 Å². The van der Waals surface area contributed by atoms with E-state index >= 15 is 0 Å². The van der Waals surface area contributed by atoms with E-state index in [9.17, 15) is 9.59 Å². The molecule has 1 aromatic carbocycles. The molecule has 7 heteroatoms. The van der Waals surface area contributed by atoms with Gasteiger partial charge in [-0.05, 0) is 32.9 Å². The predicted molar refractivity (Wildman–Crippen MR) is 86.1 cm³/mol. The summed E-state index contributed by atoms with van der Waals surface area (Å²) >= 11 is 0. The molecule has 2 aliphatic heterocycles. The first-order valence-corrected chi connectivity index (χ1v) is 7.85. The summed E-state index contributed by atoms with van der Waals surface area (Å²) in [6.07, 6.45) is 1.07. The van der Waals surface area contributed by atoms with E-state index < -0.39 is 11.6 Å². The van der Waals surface area contributed by atoms with E-state index in [1.807, 2.05) is 32.0 Å².